The minimum absolute atomic E-state index is 0.565. The summed E-state index contributed by atoms with van der Waals surface area (Å²) in [7, 11) is 1.74. The summed E-state index contributed by atoms with van der Waals surface area (Å²) in [6.07, 6.45) is 0. The van der Waals surface area contributed by atoms with Crippen molar-refractivity contribution in [2.24, 2.45) is 12.8 Å². The molecule has 2 aromatic rings. The molecule has 0 amide bonds. The van der Waals surface area contributed by atoms with E-state index in [9.17, 15) is 0 Å². The van der Waals surface area contributed by atoms with Gasteiger partial charge in [0.15, 0.2) is 11.0 Å². The maximum Gasteiger partial charge on any atom is 0.191 e. The largest absolute Gasteiger partial charge is 0.329 e. The van der Waals surface area contributed by atoms with E-state index in [0.717, 1.165) is 17.5 Å². The van der Waals surface area contributed by atoms with Gasteiger partial charge in [-0.15, -0.1) is 20.4 Å². The molecule has 2 aromatic heterocycles. The Morgan fingerprint density at radius 2 is 2.12 bits per heavy atom. The second kappa shape index (κ2) is 5.23. The number of aryl methyl sites for hydroxylation is 2. The van der Waals surface area contributed by atoms with E-state index in [1.54, 1.807) is 7.05 Å². The number of thioether (sulfide) groups is 1. The van der Waals surface area contributed by atoms with Gasteiger partial charge in [0.05, 0.1) is 12.8 Å². The van der Waals surface area contributed by atoms with Gasteiger partial charge in [-0.3, -0.25) is 0 Å². The second-order valence-corrected chi connectivity index (χ2v) is 4.40. The molecule has 0 radical (unpaired) electrons. The van der Waals surface area contributed by atoms with Gasteiger partial charge in [-0.25, -0.2) is 0 Å². The first-order valence-corrected chi connectivity index (χ1v) is 6.15. The van der Waals surface area contributed by atoms with E-state index in [1.165, 1.54) is 16.6 Å². The number of tetrazole rings is 1. The molecule has 9 heteroatoms. The van der Waals surface area contributed by atoms with E-state index < -0.39 is 0 Å². The van der Waals surface area contributed by atoms with Crippen LogP contribution in [-0.4, -0.2) is 41.5 Å². The zero-order valence-corrected chi connectivity index (χ0v) is 10.6. The SMILES string of the molecule is Cc1nnc(SCc2nnn(C)n2)n1CCN. The normalized spacial score (nSPS) is 11.0. The molecule has 0 saturated carbocycles. The molecular formula is C8H14N8S. The molecule has 0 unspecified atom stereocenters. The minimum Gasteiger partial charge on any atom is -0.329 e. The van der Waals surface area contributed by atoms with E-state index in [-0.39, 0.29) is 0 Å². The highest BCUT2D eigenvalue weighted by atomic mass is 32.2. The highest BCUT2D eigenvalue weighted by molar-refractivity contribution is 7.98. The Hall–Kier alpha value is -1.48. The molecule has 0 aliphatic rings. The lowest BCUT2D eigenvalue weighted by atomic mass is 10.6. The maximum atomic E-state index is 5.54. The molecule has 2 rings (SSSR count). The third-order valence-corrected chi connectivity index (χ3v) is 3.10. The Balaban J connectivity index is 2.03. The summed E-state index contributed by atoms with van der Waals surface area (Å²) in [4.78, 5) is 1.44. The van der Waals surface area contributed by atoms with E-state index in [2.05, 4.69) is 25.6 Å². The van der Waals surface area contributed by atoms with Crippen molar-refractivity contribution in [3.8, 4) is 0 Å². The van der Waals surface area contributed by atoms with Gasteiger partial charge < -0.3 is 10.3 Å². The zero-order valence-electron chi connectivity index (χ0n) is 9.74. The average Bonchev–Trinajstić information content (AvgIpc) is 2.86. The van der Waals surface area contributed by atoms with E-state index in [0.29, 0.717) is 18.1 Å². The fourth-order valence-electron chi connectivity index (χ4n) is 1.37. The van der Waals surface area contributed by atoms with Crippen molar-refractivity contribution in [1.82, 2.24) is 35.0 Å². The molecule has 0 aliphatic heterocycles. The molecule has 2 heterocycles. The fourth-order valence-corrected chi connectivity index (χ4v) is 2.22. The predicted octanol–water partition coefficient (Wildman–Crippen LogP) is -0.639. The van der Waals surface area contributed by atoms with Gasteiger partial charge in [-0.2, -0.15) is 4.80 Å². The third-order valence-electron chi connectivity index (χ3n) is 2.13. The minimum atomic E-state index is 0.565. The van der Waals surface area contributed by atoms with Crippen LogP contribution in [0.25, 0.3) is 0 Å². The third kappa shape index (κ3) is 2.80. The van der Waals surface area contributed by atoms with Crippen LogP contribution in [0.5, 0.6) is 0 Å². The van der Waals surface area contributed by atoms with Crippen LogP contribution in [0.4, 0.5) is 0 Å². The average molecular weight is 254 g/mol. The standard InChI is InChI=1S/C8H14N8S/c1-6-10-12-8(16(6)4-3-9)17-5-7-11-14-15(2)13-7/h3-5,9H2,1-2H3. The van der Waals surface area contributed by atoms with Crippen LogP contribution in [-0.2, 0) is 19.3 Å². The number of nitrogens with two attached hydrogens (primary N) is 1. The lowest BCUT2D eigenvalue weighted by molar-refractivity contribution is 0.626. The summed E-state index contributed by atoms with van der Waals surface area (Å²) in [6.45, 7) is 3.19. The summed E-state index contributed by atoms with van der Waals surface area (Å²) < 4.78 is 1.99. The van der Waals surface area contributed by atoms with Gasteiger partial charge >= 0.3 is 0 Å². The van der Waals surface area contributed by atoms with Crippen molar-refractivity contribution in [3.05, 3.63) is 11.6 Å². The Bertz CT molecular complexity index is 489. The first-order valence-electron chi connectivity index (χ1n) is 5.16. The highest BCUT2D eigenvalue weighted by Crippen LogP contribution is 2.19. The van der Waals surface area contributed by atoms with Gasteiger partial charge in [0.25, 0.3) is 0 Å². The smallest absolute Gasteiger partial charge is 0.191 e. The molecule has 0 aromatic carbocycles. The summed E-state index contributed by atoms with van der Waals surface area (Å²) in [6, 6.07) is 0. The van der Waals surface area contributed by atoms with Gasteiger partial charge in [-0.1, -0.05) is 11.8 Å². The number of hydrogen-bond acceptors (Lipinski definition) is 7. The second-order valence-electron chi connectivity index (χ2n) is 3.45. The summed E-state index contributed by atoms with van der Waals surface area (Å²) >= 11 is 1.53. The summed E-state index contributed by atoms with van der Waals surface area (Å²) in [5, 5.41) is 20.7. The van der Waals surface area contributed by atoms with Gasteiger partial charge in [0.1, 0.15) is 5.82 Å². The maximum absolute atomic E-state index is 5.54. The molecule has 92 valence electrons. The predicted molar refractivity (Wildman–Crippen MR) is 62.2 cm³/mol. The van der Waals surface area contributed by atoms with Crippen molar-refractivity contribution >= 4 is 11.8 Å². The molecule has 17 heavy (non-hydrogen) atoms. The van der Waals surface area contributed by atoms with Crippen molar-refractivity contribution < 1.29 is 0 Å². The first kappa shape index (κ1) is 12.0. The van der Waals surface area contributed by atoms with Crippen LogP contribution in [0.1, 0.15) is 11.6 Å². The summed E-state index contributed by atoms with van der Waals surface area (Å²) in [5.41, 5.74) is 5.54. The van der Waals surface area contributed by atoms with E-state index >= 15 is 0 Å². The van der Waals surface area contributed by atoms with Gasteiger partial charge in [-0.05, 0) is 12.1 Å². The number of aromatic nitrogens is 7. The van der Waals surface area contributed by atoms with Crippen LogP contribution in [0.3, 0.4) is 0 Å². The van der Waals surface area contributed by atoms with Crippen LogP contribution in [0, 0.1) is 6.92 Å². The molecule has 2 N–H and O–H groups in total. The number of nitrogens with zero attached hydrogens (tertiary/aromatic N) is 7. The van der Waals surface area contributed by atoms with Gasteiger partial charge in [0.2, 0.25) is 0 Å². The van der Waals surface area contributed by atoms with Crippen molar-refractivity contribution in [3.63, 3.8) is 0 Å². The summed E-state index contributed by atoms with van der Waals surface area (Å²) in [5.74, 6) is 2.17. The molecule has 0 bridgehead atoms. The van der Waals surface area contributed by atoms with Crippen LogP contribution in [0.2, 0.25) is 0 Å². The number of rotatable bonds is 5. The van der Waals surface area contributed by atoms with Crippen LogP contribution >= 0.6 is 11.8 Å². The van der Waals surface area contributed by atoms with Crippen molar-refractivity contribution in [1.29, 1.82) is 0 Å². The molecule has 0 fully saturated rings. The Labute approximate surface area is 103 Å². The number of hydrogen-bond donors (Lipinski definition) is 1. The Kier molecular flexibility index (Phi) is 3.69. The Morgan fingerprint density at radius 1 is 1.29 bits per heavy atom. The van der Waals surface area contributed by atoms with Crippen molar-refractivity contribution in [2.75, 3.05) is 6.54 Å². The van der Waals surface area contributed by atoms with E-state index in [1.807, 2.05) is 11.5 Å². The topological polar surface area (TPSA) is 100 Å². The monoisotopic (exact) mass is 254 g/mol. The van der Waals surface area contributed by atoms with Crippen LogP contribution in [0.15, 0.2) is 5.16 Å². The lowest BCUT2D eigenvalue weighted by Crippen LogP contribution is -2.12. The first-order chi connectivity index (χ1) is 8.20. The quantitative estimate of drug-likeness (QED) is 0.708. The molecule has 0 spiro atoms. The molecule has 8 nitrogen and oxygen atoms in total. The molecule has 0 aliphatic carbocycles. The molecular weight excluding hydrogens is 240 g/mol. The van der Waals surface area contributed by atoms with Crippen LogP contribution < -0.4 is 5.73 Å². The Morgan fingerprint density at radius 3 is 2.76 bits per heavy atom. The lowest BCUT2D eigenvalue weighted by Gasteiger charge is -2.04. The molecule has 0 saturated heterocycles. The van der Waals surface area contributed by atoms with Gasteiger partial charge in [0, 0.05) is 13.1 Å². The highest BCUT2D eigenvalue weighted by Gasteiger charge is 2.10. The van der Waals surface area contributed by atoms with Crippen molar-refractivity contribution in [2.45, 2.75) is 24.4 Å². The fraction of sp³-hybridized carbons (Fsp3) is 0.625. The molecule has 0 atom stereocenters. The van der Waals surface area contributed by atoms with E-state index in [4.69, 9.17) is 5.73 Å². The zero-order chi connectivity index (χ0) is 12.3.